The van der Waals surface area contributed by atoms with Crippen molar-refractivity contribution in [3.8, 4) is 0 Å². The zero-order valence-electron chi connectivity index (χ0n) is 18.2. The van der Waals surface area contributed by atoms with Crippen LogP contribution >= 0.6 is 24.0 Å². The number of aromatic nitrogens is 2. The van der Waals surface area contributed by atoms with Crippen molar-refractivity contribution >= 4 is 29.9 Å². The zero-order valence-corrected chi connectivity index (χ0v) is 20.5. The molecule has 158 valence electrons. The average molecular weight is 492 g/mol. The molecule has 0 saturated heterocycles. The van der Waals surface area contributed by atoms with Crippen LogP contribution < -0.4 is 10.6 Å². The summed E-state index contributed by atoms with van der Waals surface area (Å²) in [7, 11) is 0. The van der Waals surface area contributed by atoms with Crippen molar-refractivity contribution in [2.24, 2.45) is 10.9 Å². The van der Waals surface area contributed by atoms with Crippen LogP contribution in [0.4, 0.5) is 0 Å². The summed E-state index contributed by atoms with van der Waals surface area (Å²) < 4.78 is 2.20. The number of hydrogen-bond donors (Lipinski definition) is 2. The first-order valence-corrected chi connectivity index (χ1v) is 10.3. The van der Waals surface area contributed by atoms with Gasteiger partial charge in [0.25, 0.3) is 0 Å². The minimum atomic E-state index is 0. The molecule has 1 atom stereocenters. The normalized spacial score (nSPS) is 13.0. The van der Waals surface area contributed by atoms with E-state index in [9.17, 15) is 0 Å². The Kier molecular flexibility index (Phi) is 14.7. The summed E-state index contributed by atoms with van der Waals surface area (Å²) in [4.78, 5) is 11.7. The van der Waals surface area contributed by atoms with E-state index in [4.69, 9.17) is 4.99 Å². The molecule has 7 heteroatoms. The van der Waals surface area contributed by atoms with E-state index in [0.717, 1.165) is 44.4 Å². The van der Waals surface area contributed by atoms with Crippen molar-refractivity contribution in [1.82, 2.24) is 25.1 Å². The maximum Gasteiger partial charge on any atom is 0.191 e. The first-order valence-electron chi connectivity index (χ1n) is 10.3. The summed E-state index contributed by atoms with van der Waals surface area (Å²) in [6.07, 6.45) is 6.25. The molecule has 0 aliphatic rings. The Balaban J connectivity index is 0.00000676. The number of halogens is 1. The number of guanidine groups is 1. The Morgan fingerprint density at radius 3 is 2.52 bits per heavy atom. The van der Waals surface area contributed by atoms with Gasteiger partial charge in [-0.1, -0.05) is 27.7 Å². The summed E-state index contributed by atoms with van der Waals surface area (Å²) in [5, 5.41) is 6.88. The van der Waals surface area contributed by atoms with E-state index in [0.29, 0.717) is 18.5 Å². The molecule has 1 aromatic heterocycles. The Labute approximate surface area is 183 Å². The van der Waals surface area contributed by atoms with Crippen LogP contribution in [0, 0.1) is 5.92 Å². The molecule has 0 radical (unpaired) electrons. The fourth-order valence-corrected chi connectivity index (χ4v) is 2.99. The first kappa shape index (κ1) is 26.2. The standard InChI is InChI=1S/C20H40N6.HI/c1-7-21-20(24-18(6)11-10-13-25(8-2)9-3)23-15-19-22-12-14-26(19)16-17(4)5;/h12,14,17-18H,7-11,13,15-16H2,1-6H3,(H2,21,23,24);1H. The third kappa shape index (κ3) is 10.9. The second-order valence-corrected chi connectivity index (χ2v) is 7.30. The van der Waals surface area contributed by atoms with Gasteiger partial charge in [0.2, 0.25) is 0 Å². The third-order valence-corrected chi connectivity index (χ3v) is 4.48. The average Bonchev–Trinajstić information content (AvgIpc) is 3.03. The minimum Gasteiger partial charge on any atom is -0.357 e. The quantitative estimate of drug-likeness (QED) is 0.265. The lowest BCUT2D eigenvalue weighted by molar-refractivity contribution is 0.292. The van der Waals surface area contributed by atoms with Crippen molar-refractivity contribution in [3.05, 3.63) is 18.2 Å². The van der Waals surface area contributed by atoms with Crippen LogP contribution in [-0.4, -0.2) is 52.6 Å². The molecule has 6 nitrogen and oxygen atoms in total. The van der Waals surface area contributed by atoms with E-state index in [1.54, 1.807) is 0 Å². The number of rotatable bonds is 12. The van der Waals surface area contributed by atoms with E-state index >= 15 is 0 Å². The maximum absolute atomic E-state index is 4.74. The highest BCUT2D eigenvalue weighted by atomic mass is 127. The summed E-state index contributed by atoms with van der Waals surface area (Å²) in [5.74, 6) is 2.50. The van der Waals surface area contributed by atoms with Gasteiger partial charge in [0.15, 0.2) is 5.96 Å². The fraction of sp³-hybridized carbons (Fsp3) is 0.800. The van der Waals surface area contributed by atoms with Crippen LogP contribution in [0.1, 0.15) is 60.2 Å². The third-order valence-electron chi connectivity index (χ3n) is 4.48. The second kappa shape index (κ2) is 15.1. The molecule has 0 spiro atoms. The smallest absolute Gasteiger partial charge is 0.191 e. The van der Waals surface area contributed by atoms with E-state index in [-0.39, 0.29) is 24.0 Å². The Morgan fingerprint density at radius 2 is 1.93 bits per heavy atom. The number of imidazole rings is 1. The molecule has 0 aliphatic carbocycles. The molecule has 0 aromatic carbocycles. The summed E-state index contributed by atoms with van der Waals surface area (Å²) >= 11 is 0. The highest BCUT2D eigenvalue weighted by molar-refractivity contribution is 14.0. The molecular formula is C20H41IN6. The van der Waals surface area contributed by atoms with Gasteiger partial charge < -0.3 is 20.1 Å². The lowest BCUT2D eigenvalue weighted by Gasteiger charge is -2.21. The van der Waals surface area contributed by atoms with Crippen molar-refractivity contribution in [2.75, 3.05) is 26.2 Å². The molecule has 2 N–H and O–H groups in total. The van der Waals surface area contributed by atoms with Crippen molar-refractivity contribution in [2.45, 2.75) is 73.5 Å². The van der Waals surface area contributed by atoms with Crippen molar-refractivity contribution in [3.63, 3.8) is 0 Å². The lowest BCUT2D eigenvalue weighted by atomic mass is 10.2. The molecule has 1 aromatic rings. The highest BCUT2D eigenvalue weighted by Crippen LogP contribution is 2.05. The molecule has 0 saturated carbocycles. The van der Waals surface area contributed by atoms with Gasteiger partial charge in [-0.3, -0.25) is 0 Å². The van der Waals surface area contributed by atoms with Crippen molar-refractivity contribution in [1.29, 1.82) is 0 Å². The van der Waals surface area contributed by atoms with Gasteiger partial charge in [-0.25, -0.2) is 9.98 Å². The molecule has 1 heterocycles. The molecule has 0 amide bonds. The Bertz CT molecular complexity index is 510. The van der Waals surface area contributed by atoms with Gasteiger partial charge in [0, 0.05) is 31.5 Å². The number of nitrogens with zero attached hydrogens (tertiary/aromatic N) is 4. The predicted octanol–water partition coefficient (Wildman–Crippen LogP) is 3.72. The van der Waals surface area contributed by atoms with Crippen LogP contribution in [0.25, 0.3) is 0 Å². The van der Waals surface area contributed by atoms with Gasteiger partial charge in [-0.2, -0.15) is 0 Å². The van der Waals surface area contributed by atoms with Crippen LogP contribution in [-0.2, 0) is 13.1 Å². The Morgan fingerprint density at radius 1 is 1.22 bits per heavy atom. The largest absolute Gasteiger partial charge is 0.357 e. The predicted molar refractivity (Wildman–Crippen MR) is 127 cm³/mol. The summed E-state index contributed by atoms with van der Waals surface area (Å²) in [5.41, 5.74) is 0. The van der Waals surface area contributed by atoms with E-state index in [1.165, 1.54) is 13.0 Å². The minimum absolute atomic E-state index is 0. The summed E-state index contributed by atoms with van der Waals surface area (Å²) in [6, 6.07) is 0.402. The first-order chi connectivity index (χ1) is 12.5. The molecule has 1 rings (SSSR count). The molecular weight excluding hydrogens is 451 g/mol. The van der Waals surface area contributed by atoms with Crippen LogP contribution in [0.3, 0.4) is 0 Å². The van der Waals surface area contributed by atoms with Gasteiger partial charge >= 0.3 is 0 Å². The molecule has 0 bridgehead atoms. The van der Waals surface area contributed by atoms with E-state index in [1.807, 2.05) is 12.4 Å². The van der Waals surface area contributed by atoms with Gasteiger partial charge in [-0.05, 0) is 52.2 Å². The fourth-order valence-electron chi connectivity index (χ4n) is 2.99. The molecule has 1 unspecified atom stereocenters. The van der Waals surface area contributed by atoms with Gasteiger partial charge in [0.1, 0.15) is 12.4 Å². The molecule has 0 aliphatic heterocycles. The van der Waals surface area contributed by atoms with Crippen molar-refractivity contribution < 1.29 is 0 Å². The monoisotopic (exact) mass is 492 g/mol. The van der Waals surface area contributed by atoms with Gasteiger partial charge in [0.05, 0.1) is 0 Å². The highest BCUT2D eigenvalue weighted by Gasteiger charge is 2.08. The topological polar surface area (TPSA) is 57.5 Å². The van der Waals surface area contributed by atoms with E-state index < -0.39 is 0 Å². The lowest BCUT2D eigenvalue weighted by Crippen LogP contribution is -2.42. The summed E-state index contributed by atoms with van der Waals surface area (Å²) in [6.45, 7) is 19.1. The SMILES string of the molecule is CCNC(=NCc1nccn1CC(C)C)NC(C)CCCN(CC)CC.I. The van der Waals surface area contributed by atoms with E-state index in [2.05, 4.69) is 66.6 Å². The number of hydrogen-bond acceptors (Lipinski definition) is 3. The molecule has 27 heavy (non-hydrogen) atoms. The molecule has 0 fully saturated rings. The number of nitrogens with one attached hydrogen (secondary N) is 2. The number of aliphatic imine (C=N–C) groups is 1. The van der Waals surface area contributed by atoms with Crippen LogP contribution in [0.15, 0.2) is 17.4 Å². The van der Waals surface area contributed by atoms with Gasteiger partial charge in [-0.15, -0.1) is 24.0 Å². The second-order valence-electron chi connectivity index (χ2n) is 7.30. The van der Waals surface area contributed by atoms with Crippen LogP contribution in [0.2, 0.25) is 0 Å². The van der Waals surface area contributed by atoms with Crippen LogP contribution in [0.5, 0.6) is 0 Å². The zero-order chi connectivity index (χ0) is 19.4. The Hall–Kier alpha value is -0.830. The maximum atomic E-state index is 4.74.